The molecule has 162 valence electrons. The number of fused-ring (bicyclic) bond motifs is 1. The highest BCUT2D eigenvalue weighted by Gasteiger charge is 2.38. The molecule has 1 aliphatic rings. The van der Waals surface area contributed by atoms with Crippen LogP contribution in [0.1, 0.15) is 30.1 Å². The summed E-state index contributed by atoms with van der Waals surface area (Å²) in [5.74, 6) is 3.86. The molecule has 3 rings (SSSR count). The minimum atomic E-state index is -0.290. The fourth-order valence-corrected chi connectivity index (χ4v) is 3.71. The van der Waals surface area contributed by atoms with Gasteiger partial charge in [-0.3, -0.25) is 0 Å². The van der Waals surface area contributed by atoms with Crippen LogP contribution in [-0.4, -0.2) is 42.2 Å². The average Bonchev–Trinajstić information content (AvgIpc) is 3.11. The molecular formula is C23H28O7. The highest BCUT2D eigenvalue weighted by molar-refractivity contribution is 5.66. The minimum absolute atomic E-state index is 0.0130. The molecule has 2 atom stereocenters. The van der Waals surface area contributed by atoms with Crippen molar-refractivity contribution in [2.45, 2.75) is 18.9 Å². The molecule has 0 amide bonds. The first-order valence-corrected chi connectivity index (χ1v) is 9.53. The zero-order chi connectivity index (χ0) is 21.8. The SMILES string of the molecule is C=CCOc1c(OC)cc2c(c1OC)O[C@H](c1cc(OC)c(OC)c(OC)c1)[C@H]2C. The minimum Gasteiger partial charge on any atom is -0.493 e. The van der Waals surface area contributed by atoms with Crippen LogP contribution < -0.4 is 33.2 Å². The van der Waals surface area contributed by atoms with Crippen molar-refractivity contribution in [3.05, 3.63) is 42.0 Å². The van der Waals surface area contributed by atoms with E-state index in [0.29, 0.717) is 46.9 Å². The Hall–Kier alpha value is -3.22. The Morgan fingerprint density at radius 3 is 1.90 bits per heavy atom. The van der Waals surface area contributed by atoms with E-state index >= 15 is 0 Å². The standard InChI is InChI=1S/C23H28O7/c1-8-9-29-22-18(26-5)12-15-13(2)19(30-20(15)23(22)28-7)14-10-16(24-3)21(27-6)17(11-14)25-4/h8,10-13,19H,1,9H2,2-7H3/t13-,19-/m0/s1. The van der Waals surface area contributed by atoms with Crippen LogP contribution >= 0.6 is 0 Å². The van der Waals surface area contributed by atoms with Gasteiger partial charge in [0, 0.05) is 17.0 Å². The fraction of sp³-hybridized carbons (Fsp3) is 0.391. The first-order valence-electron chi connectivity index (χ1n) is 9.53. The van der Waals surface area contributed by atoms with Gasteiger partial charge >= 0.3 is 0 Å². The molecule has 2 aromatic carbocycles. The van der Waals surface area contributed by atoms with E-state index in [4.69, 9.17) is 33.2 Å². The Morgan fingerprint density at radius 2 is 1.40 bits per heavy atom. The van der Waals surface area contributed by atoms with Crippen molar-refractivity contribution >= 4 is 0 Å². The van der Waals surface area contributed by atoms with Gasteiger partial charge in [0.15, 0.2) is 23.0 Å². The van der Waals surface area contributed by atoms with Crippen LogP contribution in [0.3, 0.4) is 0 Å². The molecule has 0 spiro atoms. The Labute approximate surface area is 177 Å². The van der Waals surface area contributed by atoms with Crippen molar-refractivity contribution in [3.63, 3.8) is 0 Å². The van der Waals surface area contributed by atoms with Gasteiger partial charge in [0.25, 0.3) is 0 Å². The molecule has 0 N–H and O–H groups in total. The number of benzene rings is 2. The summed E-state index contributed by atoms with van der Waals surface area (Å²) in [6, 6.07) is 5.72. The van der Waals surface area contributed by atoms with Crippen LogP contribution in [0.5, 0.6) is 40.2 Å². The molecule has 7 heteroatoms. The quantitative estimate of drug-likeness (QED) is 0.557. The maximum absolute atomic E-state index is 6.38. The Kier molecular flexibility index (Phi) is 6.50. The van der Waals surface area contributed by atoms with Crippen molar-refractivity contribution in [2.24, 2.45) is 0 Å². The molecule has 0 saturated carbocycles. The normalized spacial score (nSPS) is 16.9. The molecule has 0 fully saturated rings. The van der Waals surface area contributed by atoms with Crippen molar-refractivity contribution in [3.8, 4) is 40.2 Å². The van der Waals surface area contributed by atoms with Crippen LogP contribution in [-0.2, 0) is 0 Å². The summed E-state index contributed by atoms with van der Waals surface area (Å²) >= 11 is 0. The predicted molar refractivity (Wildman–Crippen MR) is 113 cm³/mol. The van der Waals surface area contributed by atoms with Gasteiger partial charge in [0.2, 0.25) is 17.2 Å². The van der Waals surface area contributed by atoms with Crippen molar-refractivity contribution in [1.29, 1.82) is 0 Å². The third-order valence-corrected chi connectivity index (χ3v) is 5.16. The summed E-state index contributed by atoms with van der Waals surface area (Å²) < 4.78 is 39.8. The number of ether oxygens (including phenoxy) is 7. The average molecular weight is 416 g/mol. The maximum atomic E-state index is 6.38. The lowest BCUT2D eigenvalue weighted by Crippen LogP contribution is -2.08. The number of hydrogen-bond donors (Lipinski definition) is 0. The first-order chi connectivity index (χ1) is 14.5. The second-order valence-electron chi connectivity index (χ2n) is 6.75. The van der Waals surface area contributed by atoms with Crippen molar-refractivity contribution < 1.29 is 33.2 Å². The Morgan fingerprint density at radius 1 is 0.833 bits per heavy atom. The molecule has 0 radical (unpaired) electrons. The van der Waals surface area contributed by atoms with E-state index in [2.05, 4.69) is 13.5 Å². The third kappa shape index (κ3) is 3.56. The van der Waals surface area contributed by atoms with Gasteiger partial charge in [-0.15, -0.1) is 0 Å². The lowest BCUT2D eigenvalue weighted by Gasteiger charge is -2.20. The lowest BCUT2D eigenvalue weighted by molar-refractivity contribution is 0.204. The molecule has 30 heavy (non-hydrogen) atoms. The van der Waals surface area contributed by atoms with Gasteiger partial charge in [-0.1, -0.05) is 19.6 Å². The number of methoxy groups -OCH3 is 5. The zero-order valence-electron chi connectivity index (χ0n) is 18.2. The molecule has 0 bridgehead atoms. The summed E-state index contributed by atoms with van der Waals surface area (Å²) in [6.45, 7) is 6.10. The molecule has 1 heterocycles. The predicted octanol–water partition coefficient (Wildman–Crippen LogP) is 4.53. The van der Waals surface area contributed by atoms with Gasteiger partial charge in [0.1, 0.15) is 12.7 Å². The molecule has 0 unspecified atom stereocenters. The van der Waals surface area contributed by atoms with Crippen molar-refractivity contribution in [2.75, 3.05) is 42.2 Å². The van der Waals surface area contributed by atoms with Crippen LogP contribution in [0.2, 0.25) is 0 Å². The first kappa shape index (κ1) is 21.5. The highest BCUT2D eigenvalue weighted by Crippen LogP contribution is 2.57. The molecule has 1 aliphatic heterocycles. The van der Waals surface area contributed by atoms with Gasteiger partial charge in [0.05, 0.1) is 35.5 Å². The van der Waals surface area contributed by atoms with Crippen LogP contribution in [0.25, 0.3) is 0 Å². The molecular weight excluding hydrogens is 388 g/mol. The number of hydrogen-bond acceptors (Lipinski definition) is 7. The summed E-state index contributed by atoms with van der Waals surface area (Å²) in [5, 5.41) is 0. The largest absolute Gasteiger partial charge is 0.493 e. The monoisotopic (exact) mass is 416 g/mol. The molecule has 0 aliphatic carbocycles. The highest BCUT2D eigenvalue weighted by atomic mass is 16.6. The van der Waals surface area contributed by atoms with Gasteiger partial charge in [-0.05, 0) is 18.2 Å². The van der Waals surface area contributed by atoms with Crippen LogP contribution in [0.15, 0.2) is 30.9 Å². The fourth-order valence-electron chi connectivity index (χ4n) is 3.71. The second-order valence-corrected chi connectivity index (χ2v) is 6.75. The summed E-state index contributed by atoms with van der Waals surface area (Å²) in [6.07, 6.45) is 1.37. The van der Waals surface area contributed by atoms with Crippen LogP contribution in [0.4, 0.5) is 0 Å². The summed E-state index contributed by atoms with van der Waals surface area (Å²) in [5.41, 5.74) is 1.86. The van der Waals surface area contributed by atoms with E-state index in [9.17, 15) is 0 Å². The van der Waals surface area contributed by atoms with E-state index < -0.39 is 0 Å². The number of rotatable bonds is 9. The van der Waals surface area contributed by atoms with E-state index in [1.807, 2.05) is 18.2 Å². The molecule has 0 saturated heterocycles. The second kappa shape index (κ2) is 9.07. The Bertz CT molecular complexity index is 897. The Balaban J connectivity index is 2.09. The van der Waals surface area contributed by atoms with Crippen LogP contribution in [0, 0.1) is 0 Å². The van der Waals surface area contributed by atoms with E-state index in [0.717, 1.165) is 11.1 Å². The lowest BCUT2D eigenvalue weighted by atomic mass is 9.92. The van der Waals surface area contributed by atoms with Gasteiger partial charge in [-0.25, -0.2) is 0 Å². The van der Waals surface area contributed by atoms with E-state index in [-0.39, 0.29) is 12.0 Å². The topological polar surface area (TPSA) is 64.6 Å². The molecule has 7 nitrogen and oxygen atoms in total. The smallest absolute Gasteiger partial charge is 0.207 e. The maximum Gasteiger partial charge on any atom is 0.207 e. The molecule has 0 aromatic heterocycles. The van der Waals surface area contributed by atoms with E-state index in [1.165, 1.54) is 0 Å². The van der Waals surface area contributed by atoms with Gasteiger partial charge in [-0.2, -0.15) is 0 Å². The summed E-state index contributed by atoms with van der Waals surface area (Å²) in [4.78, 5) is 0. The zero-order valence-corrected chi connectivity index (χ0v) is 18.2. The van der Waals surface area contributed by atoms with Gasteiger partial charge < -0.3 is 33.2 Å². The molecule has 2 aromatic rings. The summed E-state index contributed by atoms with van der Waals surface area (Å²) in [7, 11) is 7.93. The van der Waals surface area contributed by atoms with Crippen molar-refractivity contribution in [1.82, 2.24) is 0 Å². The van der Waals surface area contributed by atoms with E-state index in [1.54, 1.807) is 41.6 Å². The third-order valence-electron chi connectivity index (χ3n) is 5.16.